The van der Waals surface area contributed by atoms with Crippen molar-refractivity contribution < 1.29 is 14.7 Å². The van der Waals surface area contributed by atoms with Crippen molar-refractivity contribution >= 4 is 11.8 Å². The molecular weight excluding hydrogens is 294 g/mol. The SMILES string of the molecule is Cc1ccccc1CN1CCN2C(=O)[C@H]([C@@H](C)O)NC(=O)[C@H]2C1. The lowest BCUT2D eigenvalue weighted by Gasteiger charge is -2.45. The van der Waals surface area contributed by atoms with Gasteiger partial charge in [0.25, 0.3) is 0 Å². The predicted molar refractivity (Wildman–Crippen MR) is 85.6 cm³/mol. The molecule has 0 aromatic heterocycles. The van der Waals surface area contributed by atoms with E-state index in [2.05, 4.69) is 29.3 Å². The van der Waals surface area contributed by atoms with Crippen LogP contribution in [-0.2, 0) is 16.1 Å². The Morgan fingerprint density at radius 2 is 2.04 bits per heavy atom. The molecule has 2 aliphatic rings. The summed E-state index contributed by atoms with van der Waals surface area (Å²) in [5.74, 6) is -0.356. The molecule has 3 atom stereocenters. The van der Waals surface area contributed by atoms with Gasteiger partial charge in [-0.25, -0.2) is 0 Å². The van der Waals surface area contributed by atoms with E-state index in [1.807, 2.05) is 12.1 Å². The molecule has 0 bridgehead atoms. The van der Waals surface area contributed by atoms with Crippen molar-refractivity contribution in [2.75, 3.05) is 19.6 Å². The Hall–Kier alpha value is -1.92. The number of amides is 2. The molecule has 2 N–H and O–H groups in total. The number of fused-ring (bicyclic) bond motifs is 1. The lowest BCUT2D eigenvalue weighted by atomic mass is 10.0. The zero-order chi connectivity index (χ0) is 16.6. The Balaban J connectivity index is 1.70. The number of carbonyl (C=O) groups excluding carboxylic acids is 2. The van der Waals surface area contributed by atoms with Crippen LogP contribution in [0.5, 0.6) is 0 Å². The minimum atomic E-state index is -0.877. The summed E-state index contributed by atoms with van der Waals surface area (Å²) < 4.78 is 0. The van der Waals surface area contributed by atoms with Crippen LogP contribution in [0, 0.1) is 6.92 Å². The number of piperazine rings is 2. The fourth-order valence-electron chi connectivity index (χ4n) is 3.32. The van der Waals surface area contributed by atoms with E-state index in [1.54, 1.807) is 4.90 Å². The summed E-state index contributed by atoms with van der Waals surface area (Å²) in [6.45, 7) is 6.16. The Labute approximate surface area is 136 Å². The molecule has 3 rings (SSSR count). The van der Waals surface area contributed by atoms with E-state index in [0.717, 1.165) is 13.1 Å². The maximum absolute atomic E-state index is 12.4. The van der Waals surface area contributed by atoms with Crippen LogP contribution in [0.1, 0.15) is 18.1 Å². The monoisotopic (exact) mass is 317 g/mol. The molecule has 6 heteroatoms. The van der Waals surface area contributed by atoms with Crippen molar-refractivity contribution in [2.45, 2.75) is 38.6 Å². The van der Waals surface area contributed by atoms with Crippen molar-refractivity contribution in [3.05, 3.63) is 35.4 Å². The first-order chi connectivity index (χ1) is 11.0. The number of hydrogen-bond acceptors (Lipinski definition) is 4. The number of aryl methyl sites for hydroxylation is 1. The third-order valence-corrected chi connectivity index (χ3v) is 4.75. The number of aliphatic hydroxyl groups is 1. The fraction of sp³-hybridized carbons (Fsp3) is 0.529. The van der Waals surface area contributed by atoms with Crippen molar-refractivity contribution in [2.24, 2.45) is 0 Å². The smallest absolute Gasteiger partial charge is 0.248 e. The summed E-state index contributed by atoms with van der Waals surface area (Å²) in [6, 6.07) is 6.92. The van der Waals surface area contributed by atoms with Crippen LogP contribution in [0.15, 0.2) is 24.3 Å². The molecule has 1 aromatic carbocycles. The zero-order valence-corrected chi connectivity index (χ0v) is 13.5. The second-order valence-corrected chi connectivity index (χ2v) is 6.44. The van der Waals surface area contributed by atoms with Gasteiger partial charge in [-0.3, -0.25) is 14.5 Å². The van der Waals surface area contributed by atoms with Gasteiger partial charge < -0.3 is 15.3 Å². The van der Waals surface area contributed by atoms with Crippen LogP contribution in [0.4, 0.5) is 0 Å². The summed E-state index contributed by atoms with van der Waals surface area (Å²) in [5, 5.41) is 12.3. The van der Waals surface area contributed by atoms with Crippen LogP contribution in [0.2, 0.25) is 0 Å². The van der Waals surface area contributed by atoms with Crippen molar-refractivity contribution in [1.29, 1.82) is 0 Å². The number of benzene rings is 1. The van der Waals surface area contributed by atoms with Crippen molar-refractivity contribution in [3.8, 4) is 0 Å². The quantitative estimate of drug-likeness (QED) is 0.816. The number of carbonyl (C=O) groups is 2. The van der Waals surface area contributed by atoms with Crippen molar-refractivity contribution in [1.82, 2.24) is 15.1 Å². The summed E-state index contributed by atoms with van der Waals surface area (Å²) in [7, 11) is 0. The minimum Gasteiger partial charge on any atom is -0.391 e. The van der Waals surface area contributed by atoms with Gasteiger partial charge in [0.1, 0.15) is 12.1 Å². The number of hydrogen-bond donors (Lipinski definition) is 2. The molecule has 2 aliphatic heterocycles. The molecule has 124 valence electrons. The zero-order valence-electron chi connectivity index (χ0n) is 13.5. The Bertz CT molecular complexity index is 617. The summed E-state index contributed by atoms with van der Waals surface area (Å²) in [5.41, 5.74) is 2.47. The van der Waals surface area contributed by atoms with E-state index in [0.29, 0.717) is 13.1 Å². The maximum atomic E-state index is 12.4. The highest BCUT2D eigenvalue weighted by Crippen LogP contribution is 2.20. The van der Waals surface area contributed by atoms with E-state index in [-0.39, 0.29) is 11.8 Å². The lowest BCUT2D eigenvalue weighted by Crippen LogP contribution is -2.70. The molecule has 2 fully saturated rings. The molecular formula is C17H23N3O3. The van der Waals surface area contributed by atoms with Gasteiger partial charge in [0, 0.05) is 26.2 Å². The highest BCUT2D eigenvalue weighted by Gasteiger charge is 2.44. The molecule has 2 amide bonds. The number of nitrogens with zero attached hydrogens (tertiary/aromatic N) is 2. The van der Waals surface area contributed by atoms with Gasteiger partial charge in [-0.1, -0.05) is 24.3 Å². The largest absolute Gasteiger partial charge is 0.391 e. The maximum Gasteiger partial charge on any atom is 0.248 e. The van der Waals surface area contributed by atoms with Crippen LogP contribution in [0.25, 0.3) is 0 Å². The Morgan fingerprint density at radius 3 is 2.74 bits per heavy atom. The van der Waals surface area contributed by atoms with Gasteiger partial charge in [0.2, 0.25) is 11.8 Å². The molecule has 0 aliphatic carbocycles. The second-order valence-electron chi connectivity index (χ2n) is 6.44. The third kappa shape index (κ3) is 3.09. The molecule has 0 spiro atoms. The van der Waals surface area contributed by atoms with Gasteiger partial charge in [0.05, 0.1) is 6.10 Å². The molecule has 0 saturated carbocycles. The van der Waals surface area contributed by atoms with Crippen LogP contribution in [-0.4, -0.2) is 64.5 Å². The fourth-order valence-corrected chi connectivity index (χ4v) is 3.32. The minimum absolute atomic E-state index is 0.176. The number of aliphatic hydroxyl groups excluding tert-OH is 1. The lowest BCUT2D eigenvalue weighted by molar-refractivity contribution is -0.156. The Morgan fingerprint density at radius 1 is 1.30 bits per heavy atom. The molecule has 0 radical (unpaired) electrons. The molecule has 1 aromatic rings. The number of nitrogens with one attached hydrogen (secondary N) is 1. The first-order valence-electron chi connectivity index (χ1n) is 8.03. The van der Waals surface area contributed by atoms with E-state index in [9.17, 15) is 14.7 Å². The van der Waals surface area contributed by atoms with Gasteiger partial charge in [-0.15, -0.1) is 0 Å². The summed E-state index contributed by atoms with van der Waals surface area (Å²) in [6.07, 6.45) is -0.877. The van der Waals surface area contributed by atoms with Crippen LogP contribution >= 0.6 is 0 Å². The Kier molecular flexibility index (Phi) is 4.37. The second kappa shape index (κ2) is 6.29. The van der Waals surface area contributed by atoms with Gasteiger partial charge in [-0.05, 0) is 25.0 Å². The van der Waals surface area contributed by atoms with Crippen LogP contribution in [0.3, 0.4) is 0 Å². The molecule has 23 heavy (non-hydrogen) atoms. The van der Waals surface area contributed by atoms with Crippen molar-refractivity contribution in [3.63, 3.8) is 0 Å². The normalized spacial score (nSPS) is 26.7. The first kappa shape index (κ1) is 16.0. The third-order valence-electron chi connectivity index (χ3n) is 4.75. The van der Waals surface area contributed by atoms with Gasteiger partial charge >= 0.3 is 0 Å². The van der Waals surface area contributed by atoms with Gasteiger partial charge in [-0.2, -0.15) is 0 Å². The van der Waals surface area contributed by atoms with Gasteiger partial charge in [0.15, 0.2) is 0 Å². The van der Waals surface area contributed by atoms with Crippen LogP contribution < -0.4 is 5.32 Å². The van der Waals surface area contributed by atoms with E-state index in [1.165, 1.54) is 18.1 Å². The van der Waals surface area contributed by atoms with E-state index < -0.39 is 18.2 Å². The average Bonchev–Trinajstić information content (AvgIpc) is 2.53. The highest BCUT2D eigenvalue weighted by molar-refractivity contribution is 5.97. The molecule has 2 heterocycles. The van der Waals surface area contributed by atoms with E-state index >= 15 is 0 Å². The molecule has 6 nitrogen and oxygen atoms in total. The standard InChI is InChI=1S/C17H23N3O3/c1-11-5-3-4-6-13(11)9-19-7-8-20-14(10-19)16(22)18-15(12(2)21)17(20)23/h3-6,12,14-15,21H,7-10H2,1-2H3,(H,18,22)/t12-,14-,15+/m1/s1. The summed E-state index contributed by atoms with van der Waals surface area (Å²) in [4.78, 5) is 28.5. The number of rotatable bonds is 3. The predicted octanol–water partition coefficient (Wildman–Crippen LogP) is -0.113. The van der Waals surface area contributed by atoms with E-state index in [4.69, 9.17) is 0 Å². The average molecular weight is 317 g/mol. The topological polar surface area (TPSA) is 72.9 Å². The summed E-state index contributed by atoms with van der Waals surface area (Å²) >= 11 is 0. The first-order valence-corrected chi connectivity index (χ1v) is 8.03. The molecule has 0 unspecified atom stereocenters. The molecule has 2 saturated heterocycles. The highest BCUT2D eigenvalue weighted by atomic mass is 16.3.